The van der Waals surface area contributed by atoms with Crippen LogP contribution in [0.2, 0.25) is 0 Å². The van der Waals surface area contributed by atoms with Gasteiger partial charge < -0.3 is 24.3 Å². The second-order valence-electron chi connectivity index (χ2n) is 8.13. The molecular formula is C28H27NO6. The van der Waals surface area contributed by atoms with E-state index in [1.165, 1.54) is 0 Å². The minimum atomic E-state index is -0.706. The van der Waals surface area contributed by atoms with Gasteiger partial charge in [0.15, 0.2) is 0 Å². The van der Waals surface area contributed by atoms with Crippen molar-refractivity contribution >= 4 is 16.9 Å². The number of carbonyl (C=O) groups is 1. The molecule has 0 spiro atoms. The van der Waals surface area contributed by atoms with Crippen molar-refractivity contribution in [2.75, 3.05) is 20.8 Å². The van der Waals surface area contributed by atoms with Crippen LogP contribution in [-0.4, -0.2) is 31.8 Å². The fourth-order valence-corrected chi connectivity index (χ4v) is 4.07. The van der Waals surface area contributed by atoms with E-state index in [0.29, 0.717) is 29.7 Å². The maximum atomic E-state index is 12.9. The van der Waals surface area contributed by atoms with Gasteiger partial charge in [0, 0.05) is 18.9 Å². The number of methoxy groups -OCH3 is 2. The Kier molecular flexibility index (Phi) is 7.35. The smallest absolute Gasteiger partial charge is 0.343 e. The molecule has 7 nitrogen and oxygen atoms in total. The number of para-hydroxylation sites is 1. The molecule has 3 aromatic carbocycles. The first kappa shape index (κ1) is 23.9. The van der Waals surface area contributed by atoms with Crippen LogP contribution in [0.4, 0.5) is 0 Å². The highest BCUT2D eigenvalue weighted by molar-refractivity contribution is 5.85. The van der Waals surface area contributed by atoms with E-state index in [-0.39, 0.29) is 29.2 Å². The Morgan fingerprint density at radius 1 is 0.943 bits per heavy atom. The lowest BCUT2D eigenvalue weighted by molar-refractivity contribution is -0.121. The topological polar surface area (TPSA) is 98.0 Å². The summed E-state index contributed by atoms with van der Waals surface area (Å²) >= 11 is 0. The monoisotopic (exact) mass is 473 g/mol. The second kappa shape index (κ2) is 10.8. The first-order valence-corrected chi connectivity index (χ1v) is 11.3. The zero-order chi connectivity index (χ0) is 24.8. The van der Waals surface area contributed by atoms with E-state index in [1.807, 2.05) is 24.3 Å². The quantitative estimate of drug-likeness (QED) is 0.350. The molecule has 1 heterocycles. The Hall–Kier alpha value is -4.26. The Bertz CT molecular complexity index is 1360. The van der Waals surface area contributed by atoms with Crippen molar-refractivity contribution in [3.8, 4) is 17.2 Å². The van der Waals surface area contributed by atoms with Gasteiger partial charge in [-0.25, -0.2) is 4.79 Å². The van der Waals surface area contributed by atoms with Crippen LogP contribution in [0.1, 0.15) is 29.0 Å². The second-order valence-corrected chi connectivity index (χ2v) is 8.13. The molecule has 1 aromatic heterocycles. The highest BCUT2D eigenvalue weighted by Gasteiger charge is 2.27. The van der Waals surface area contributed by atoms with Crippen LogP contribution >= 0.6 is 0 Å². The minimum Gasteiger partial charge on any atom is -0.507 e. The summed E-state index contributed by atoms with van der Waals surface area (Å²) in [5.41, 5.74) is 1.42. The number of hydrogen-bond donors (Lipinski definition) is 2. The molecule has 4 aromatic rings. The van der Waals surface area contributed by atoms with E-state index in [0.717, 1.165) is 11.3 Å². The predicted octanol–water partition coefficient (Wildman–Crippen LogP) is 4.40. The lowest BCUT2D eigenvalue weighted by Crippen LogP contribution is -2.28. The number of nitrogens with one attached hydrogen (secondary N) is 1. The predicted molar refractivity (Wildman–Crippen MR) is 133 cm³/mol. The molecule has 0 aliphatic heterocycles. The van der Waals surface area contributed by atoms with Crippen molar-refractivity contribution in [3.05, 3.63) is 99.9 Å². The van der Waals surface area contributed by atoms with Gasteiger partial charge in [0.25, 0.3) is 0 Å². The summed E-state index contributed by atoms with van der Waals surface area (Å²) in [4.78, 5) is 25.9. The Morgan fingerprint density at radius 3 is 2.23 bits per heavy atom. The molecule has 7 heteroatoms. The van der Waals surface area contributed by atoms with Crippen LogP contribution in [0, 0.1) is 0 Å². The van der Waals surface area contributed by atoms with Crippen molar-refractivity contribution in [1.29, 1.82) is 0 Å². The maximum absolute atomic E-state index is 12.9. The van der Waals surface area contributed by atoms with E-state index < -0.39 is 11.5 Å². The summed E-state index contributed by atoms with van der Waals surface area (Å²) < 4.78 is 15.9. The van der Waals surface area contributed by atoms with Crippen molar-refractivity contribution in [2.24, 2.45) is 0 Å². The number of ether oxygens (including phenoxy) is 2. The third-order valence-electron chi connectivity index (χ3n) is 5.97. The number of benzene rings is 3. The molecule has 35 heavy (non-hydrogen) atoms. The highest BCUT2D eigenvalue weighted by Crippen LogP contribution is 2.36. The summed E-state index contributed by atoms with van der Waals surface area (Å²) in [5, 5.41) is 14.4. The standard InChI is InChI=1S/C28H27NO6/c1-33-20-11-7-18(8-12-20)15-16-29-25(30)17-23(19-9-13-21(34-2)14-10-19)26-27(31)22-5-3-4-6-24(22)35-28(26)32/h3-14,23,31H,15-17H2,1-2H3,(H,29,30)/t23-/m0/s1. The summed E-state index contributed by atoms with van der Waals surface area (Å²) in [6, 6.07) is 21.5. The molecule has 0 radical (unpaired) electrons. The molecule has 1 amide bonds. The first-order chi connectivity index (χ1) is 17.0. The third kappa shape index (κ3) is 5.46. The Labute approximate surface area is 202 Å². The SMILES string of the molecule is COc1ccc(CCNC(=O)C[C@@H](c2ccc(OC)cc2)c2c(O)c3ccccc3oc2=O)cc1. The van der Waals surface area contributed by atoms with E-state index >= 15 is 0 Å². The number of fused-ring (bicyclic) bond motifs is 1. The number of rotatable bonds is 9. The molecule has 0 aliphatic carbocycles. The Balaban J connectivity index is 1.58. The zero-order valence-corrected chi connectivity index (χ0v) is 19.6. The molecular weight excluding hydrogens is 446 g/mol. The van der Waals surface area contributed by atoms with Crippen molar-refractivity contribution in [3.63, 3.8) is 0 Å². The van der Waals surface area contributed by atoms with Crippen LogP contribution in [0.25, 0.3) is 11.0 Å². The highest BCUT2D eigenvalue weighted by atomic mass is 16.5. The lowest BCUT2D eigenvalue weighted by atomic mass is 9.88. The molecule has 2 N–H and O–H groups in total. The van der Waals surface area contributed by atoms with Gasteiger partial charge >= 0.3 is 5.63 Å². The molecule has 0 aliphatic rings. The van der Waals surface area contributed by atoms with E-state index in [4.69, 9.17) is 13.9 Å². The molecule has 180 valence electrons. The summed E-state index contributed by atoms with van der Waals surface area (Å²) in [6.07, 6.45) is 0.609. The molecule has 0 unspecified atom stereocenters. The largest absolute Gasteiger partial charge is 0.507 e. The van der Waals surface area contributed by atoms with E-state index in [1.54, 1.807) is 62.8 Å². The molecule has 0 bridgehead atoms. The van der Waals surface area contributed by atoms with Gasteiger partial charge in [-0.15, -0.1) is 0 Å². The van der Waals surface area contributed by atoms with Crippen molar-refractivity contribution in [1.82, 2.24) is 5.32 Å². The summed E-state index contributed by atoms with van der Waals surface area (Å²) in [5.74, 6) is 0.290. The third-order valence-corrected chi connectivity index (χ3v) is 5.97. The van der Waals surface area contributed by atoms with Crippen LogP contribution in [-0.2, 0) is 11.2 Å². The number of carbonyl (C=O) groups excluding carboxylic acids is 1. The number of aromatic hydroxyl groups is 1. The number of hydrogen-bond acceptors (Lipinski definition) is 6. The molecule has 1 atom stereocenters. The van der Waals surface area contributed by atoms with Crippen LogP contribution in [0.15, 0.2) is 82.0 Å². The number of amides is 1. The van der Waals surface area contributed by atoms with Crippen molar-refractivity contribution in [2.45, 2.75) is 18.8 Å². The van der Waals surface area contributed by atoms with E-state index in [9.17, 15) is 14.7 Å². The fraction of sp³-hybridized carbons (Fsp3) is 0.214. The van der Waals surface area contributed by atoms with Gasteiger partial charge in [-0.2, -0.15) is 0 Å². The summed E-state index contributed by atoms with van der Waals surface area (Å²) in [7, 11) is 3.18. The van der Waals surface area contributed by atoms with Gasteiger partial charge in [-0.3, -0.25) is 4.79 Å². The van der Waals surface area contributed by atoms with E-state index in [2.05, 4.69) is 5.32 Å². The zero-order valence-electron chi connectivity index (χ0n) is 19.6. The summed E-state index contributed by atoms with van der Waals surface area (Å²) in [6.45, 7) is 0.429. The van der Waals surface area contributed by atoms with Crippen LogP contribution in [0.5, 0.6) is 17.2 Å². The van der Waals surface area contributed by atoms with Crippen molar-refractivity contribution < 1.29 is 23.8 Å². The lowest BCUT2D eigenvalue weighted by Gasteiger charge is -2.19. The van der Waals surface area contributed by atoms with Gasteiger partial charge in [0.2, 0.25) is 5.91 Å². The van der Waals surface area contributed by atoms with Gasteiger partial charge in [-0.05, 0) is 53.9 Å². The average Bonchev–Trinajstić information content (AvgIpc) is 2.88. The normalized spacial score (nSPS) is 11.7. The minimum absolute atomic E-state index is 0.0361. The maximum Gasteiger partial charge on any atom is 0.343 e. The van der Waals surface area contributed by atoms with Crippen LogP contribution in [0.3, 0.4) is 0 Å². The molecule has 0 saturated heterocycles. The van der Waals surface area contributed by atoms with Gasteiger partial charge in [0.1, 0.15) is 22.8 Å². The van der Waals surface area contributed by atoms with Crippen LogP contribution < -0.4 is 20.4 Å². The fourth-order valence-electron chi connectivity index (χ4n) is 4.07. The molecule has 4 rings (SSSR count). The molecule has 0 fully saturated rings. The van der Waals surface area contributed by atoms with Gasteiger partial charge in [-0.1, -0.05) is 36.4 Å². The first-order valence-electron chi connectivity index (χ1n) is 11.3. The molecule has 0 saturated carbocycles. The Morgan fingerprint density at radius 2 is 1.57 bits per heavy atom. The van der Waals surface area contributed by atoms with Gasteiger partial charge in [0.05, 0.1) is 25.2 Å². The average molecular weight is 474 g/mol.